The summed E-state index contributed by atoms with van der Waals surface area (Å²) in [5.74, 6) is 1.09. The summed E-state index contributed by atoms with van der Waals surface area (Å²) < 4.78 is 36.6. The molecule has 0 bridgehead atoms. The first kappa shape index (κ1) is 61.5. The molecule has 0 radical (unpaired) electrons. The number of benzene rings is 6. The molecule has 2 N–H and O–H groups in total. The fourth-order valence-electron chi connectivity index (χ4n) is 9.48. The molecule has 18 heteroatoms. The number of nitrogens with zero attached hydrogens (tertiary/aromatic N) is 5. The van der Waals surface area contributed by atoms with Gasteiger partial charge in [-0.05, 0) is 78.6 Å². The van der Waals surface area contributed by atoms with Gasteiger partial charge in [0.15, 0.2) is 5.82 Å². The third kappa shape index (κ3) is 17.5. The summed E-state index contributed by atoms with van der Waals surface area (Å²) in [7, 11) is 9.74. The minimum Gasteiger partial charge on any atom is -0.545 e. The highest BCUT2D eigenvalue weighted by atomic mass is 16.6. The molecule has 5 aromatic carbocycles. The van der Waals surface area contributed by atoms with Crippen LogP contribution in [0.2, 0.25) is 0 Å². The van der Waals surface area contributed by atoms with Crippen LogP contribution < -0.4 is 40.2 Å². The van der Waals surface area contributed by atoms with Crippen molar-refractivity contribution in [3.8, 4) is 39.6 Å². The number of aromatic carboxylic acids is 1. The molecule has 18 nitrogen and oxygen atoms in total. The molecule has 0 spiro atoms. The topological polar surface area (TPSA) is 210 Å². The van der Waals surface area contributed by atoms with Crippen molar-refractivity contribution in [1.82, 2.24) is 25.2 Å². The van der Waals surface area contributed by atoms with Crippen LogP contribution in [0, 0.1) is 0 Å². The van der Waals surface area contributed by atoms with Crippen LogP contribution in [0.4, 0.5) is 11.5 Å². The lowest BCUT2D eigenvalue weighted by Crippen LogP contribution is -2.29. The number of para-hydroxylation sites is 2. The number of rotatable bonds is 33. The van der Waals surface area contributed by atoms with Crippen molar-refractivity contribution >= 4 is 56.9 Å². The summed E-state index contributed by atoms with van der Waals surface area (Å²) in [4.78, 5) is 64.9. The van der Waals surface area contributed by atoms with Crippen LogP contribution in [0.15, 0.2) is 138 Å². The Morgan fingerprint density at radius 3 is 2.06 bits per heavy atom. The highest BCUT2D eigenvalue weighted by Crippen LogP contribution is 2.42. The minimum atomic E-state index is -1.41. The molecule has 0 fully saturated rings. The van der Waals surface area contributed by atoms with E-state index in [0.717, 1.165) is 74.9 Å². The van der Waals surface area contributed by atoms with Crippen molar-refractivity contribution in [2.24, 2.45) is 0 Å². The molecule has 1 aliphatic carbocycles. The zero-order valence-electron chi connectivity index (χ0n) is 48.7. The average Bonchev–Trinajstić information content (AvgIpc) is 1.13. The van der Waals surface area contributed by atoms with Gasteiger partial charge in [0.25, 0.3) is 5.91 Å². The van der Waals surface area contributed by atoms with E-state index < -0.39 is 11.9 Å². The van der Waals surface area contributed by atoms with Gasteiger partial charge in [0, 0.05) is 110 Å². The average molecular weight is 1140 g/mol. The zero-order valence-corrected chi connectivity index (χ0v) is 48.7. The second-order valence-electron chi connectivity index (χ2n) is 20.7. The van der Waals surface area contributed by atoms with Crippen molar-refractivity contribution in [2.45, 2.75) is 38.5 Å². The quantitative estimate of drug-likeness (QED) is 0.0232. The lowest BCUT2D eigenvalue weighted by molar-refractivity contribution is -0.255. The van der Waals surface area contributed by atoms with Gasteiger partial charge in [-0.3, -0.25) is 14.4 Å². The molecule has 8 rings (SSSR count). The molecule has 2 amide bonds. The van der Waals surface area contributed by atoms with E-state index in [1.54, 1.807) is 12.1 Å². The predicted molar refractivity (Wildman–Crippen MR) is 325 cm³/mol. The maximum atomic E-state index is 13.2. The third-order valence-corrected chi connectivity index (χ3v) is 14.1. The number of carbonyl (C=O) groups is 4. The van der Waals surface area contributed by atoms with Gasteiger partial charge in [-0.25, -0.2) is 14.5 Å². The second kappa shape index (κ2) is 31.2. The number of unbranched alkanes of at least 4 members (excludes halogenated alkanes) is 2. The number of amides is 2. The van der Waals surface area contributed by atoms with Gasteiger partial charge in [0.05, 0.1) is 77.0 Å². The van der Waals surface area contributed by atoms with Crippen LogP contribution in [0.1, 0.15) is 58.4 Å². The van der Waals surface area contributed by atoms with Crippen LogP contribution in [0.3, 0.4) is 0 Å². The Labute approximate surface area is 490 Å². The van der Waals surface area contributed by atoms with Crippen molar-refractivity contribution in [1.29, 1.82) is 0 Å². The molecule has 2 aliphatic rings. The Morgan fingerprint density at radius 2 is 1.33 bits per heavy atom. The molecule has 2 heterocycles. The monoisotopic (exact) mass is 1140 g/mol. The first-order valence-corrected chi connectivity index (χ1v) is 28.5. The molecule has 1 aromatic heterocycles. The van der Waals surface area contributed by atoms with Gasteiger partial charge in [-0.2, -0.15) is 0 Å². The molecule has 0 unspecified atom stereocenters. The van der Waals surface area contributed by atoms with E-state index in [2.05, 4.69) is 15.5 Å². The van der Waals surface area contributed by atoms with E-state index >= 15 is 0 Å². The number of carboxylic acids is 1. The minimum absolute atomic E-state index is 0.0845. The highest BCUT2D eigenvalue weighted by molar-refractivity contribution is 6.09. The van der Waals surface area contributed by atoms with Crippen molar-refractivity contribution in [3.63, 3.8) is 0 Å². The summed E-state index contributed by atoms with van der Waals surface area (Å²) in [6.07, 6.45) is 3.45. The number of carboxylic acid groups (broad SMARTS) is 1. The number of ether oxygens (including phenoxy) is 5. The fourth-order valence-corrected chi connectivity index (χ4v) is 9.48. The molecule has 1 aliphatic heterocycles. The first-order chi connectivity index (χ1) is 40.8. The number of hydrogen-bond donors (Lipinski definition) is 2. The SMILES string of the molecule is CN(C)c1ccc2c(-c3ccc(C(=O)NCCOCCOCCOCCOCCC(=O)NCCCCCC(=O)Cc4ccc(-c5nc(N(C)CCOc6ccccc6)c6ccccc6n5)cc4)cc3C(=O)[O-])c3ccc(=[N+](C)C)cc-3oc2c1. The Morgan fingerprint density at radius 1 is 0.631 bits per heavy atom. The molecule has 440 valence electrons. The van der Waals surface area contributed by atoms with Crippen molar-refractivity contribution in [2.75, 3.05) is 124 Å². The van der Waals surface area contributed by atoms with Gasteiger partial charge in [-0.15, -0.1) is 0 Å². The molecule has 84 heavy (non-hydrogen) atoms. The van der Waals surface area contributed by atoms with Crippen molar-refractivity contribution < 1.29 is 52.4 Å². The van der Waals surface area contributed by atoms with E-state index in [1.165, 1.54) is 6.07 Å². The number of aromatic nitrogens is 2. The Bertz CT molecular complexity index is 3530. The van der Waals surface area contributed by atoms with Gasteiger partial charge in [0.2, 0.25) is 11.3 Å². The van der Waals surface area contributed by atoms with E-state index in [-0.39, 0.29) is 49.0 Å². The van der Waals surface area contributed by atoms with Crippen LogP contribution >= 0.6 is 0 Å². The summed E-state index contributed by atoms with van der Waals surface area (Å²) >= 11 is 0. The number of likely N-dealkylation sites (N-methyl/N-ethyl adjacent to an activating group) is 1. The van der Waals surface area contributed by atoms with Crippen LogP contribution in [0.25, 0.3) is 55.7 Å². The van der Waals surface area contributed by atoms with Crippen molar-refractivity contribution in [3.05, 3.63) is 156 Å². The largest absolute Gasteiger partial charge is 0.545 e. The molecule has 0 atom stereocenters. The normalized spacial score (nSPS) is 11.2. The van der Waals surface area contributed by atoms with E-state index in [1.807, 2.05) is 160 Å². The van der Waals surface area contributed by atoms with Crippen LogP contribution in [-0.4, -0.2) is 148 Å². The number of fused-ring (bicyclic) bond motifs is 3. The predicted octanol–water partition coefficient (Wildman–Crippen LogP) is 7.47. The van der Waals surface area contributed by atoms with Gasteiger partial charge in [-0.1, -0.05) is 67.1 Å². The number of ketones is 1. The lowest BCUT2D eigenvalue weighted by atomic mass is 9.89. The maximum Gasteiger partial charge on any atom is 0.251 e. The highest BCUT2D eigenvalue weighted by Gasteiger charge is 2.23. The standard InChI is InChI=1S/C66H75N7O11/c1-71(2)49-24-27-55-59(44-49)84-60-45-50(72(3)4)25-28-56(60)62(55)53-26-23-48(43-57(53)66(77)78)65(76)68-31-34-80-37-39-82-41-40-81-38-36-79-33-29-61(75)67-30-13-7-8-14-51(74)42-46-19-21-47(22-20-46)63-69-58-18-12-11-17-54(58)64(70-63)73(5)32-35-83-52-15-9-6-10-16-52/h6,9-12,15-28,43-45H,7-8,13-14,29-42H2,1-5H3,(H2-,67,68,75,76,77,78). The van der Waals surface area contributed by atoms with Crippen LogP contribution in [-0.2, 0) is 35.0 Å². The second-order valence-corrected chi connectivity index (χ2v) is 20.7. The molecular weight excluding hydrogens is 1070 g/mol. The number of hydrogen-bond acceptors (Lipinski definition) is 15. The summed E-state index contributed by atoms with van der Waals surface area (Å²) in [5.41, 5.74) is 6.02. The van der Waals surface area contributed by atoms with Gasteiger partial charge in [0.1, 0.15) is 49.4 Å². The Balaban J connectivity index is 0.632. The van der Waals surface area contributed by atoms with E-state index in [0.29, 0.717) is 100 Å². The third-order valence-electron chi connectivity index (χ3n) is 14.1. The molecule has 6 aromatic rings. The number of anilines is 2. The molecule has 0 saturated heterocycles. The van der Waals surface area contributed by atoms with E-state index in [9.17, 15) is 24.3 Å². The lowest BCUT2D eigenvalue weighted by Gasteiger charge is -2.21. The number of nitrogens with one attached hydrogen (secondary N) is 2. The summed E-state index contributed by atoms with van der Waals surface area (Å²) in [6.45, 7) is 4.44. The van der Waals surface area contributed by atoms with Crippen LogP contribution in [0.5, 0.6) is 5.75 Å². The maximum absolute atomic E-state index is 13.2. The molecular formula is C66H75N7O11. The summed E-state index contributed by atoms with van der Waals surface area (Å²) in [6, 6.07) is 41.8. The number of carbonyl (C=O) groups excluding carboxylic acids is 4. The van der Waals surface area contributed by atoms with E-state index in [4.69, 9.17) is 38.1 Å². The molecule has 0 saturated carbocycles. The smallest absolute Gasteiger partial charge is 0.251 e. The first-order valence-electron chi connectivity index (χ1n) is 28.5. The van der Waals surface area contributed by atoms with Gasteiger partial charge < -0.3 is 58.4 Å². The van der Waals surface area contributed by atoms with Gasteiger partial charge >= 0.3 is 0 Å². The summed E-state index contributed by atoms with van der Waals surface area (Å²) in [5, 5.41) is 21.0. The Hall–Kier alpha value is -8.55. The Kier molecular flexibility index (Phi) is 22.9. The zero-order chi connectivity index (χ0) is 59.2. The number of Topliss-reactive ketones (excluding diaryl/α,β-unsaturated/α-hetero) is 1. The fraction of sp³-hybridized carbons (Fsp3) is 0.348.